The molecule has 0 atom stereocenters. The van der Waals surface area contributed by atoms with Crippen molar-refractivity contribution in [2.75, 3.05) is 0 Å². The van der Waals surface area contributed by atoms with Gasteiger partial charge in [-0.2, -0.15) is 5.10 Å². The standard InChI is InChI=1S/C15H14N6O/c1-11-7-17-13(10-16-11)15(22)19-9-12-3-4-14(18-8-12)21-6-2-5-20-21/h2-8,10H,9H2,1H3,(H,19,22). The average molecular weight is 294 g/mol. The quantitative estimate of drug-likeness (QED) is 0.783. The molecule has 0 fully saturated rings. The van der Waals surface area contributed by atoms with Crippen molar-refractivity contribution >= 4 is 5.91 Å². The smallest absolute Gasteiger partial charge is 0.271 e. The Bertz CT molecular complexity index is 750. The molecule has 3 aromatic heterocycles. The molecule has 3 aromatic rings. The molecule has 7 heteroatoms. The van der Waals surface area contributed by atoms with Gasteiger partial charge in [0.2, 0.25) is 0 Å². The highest BCUT2D eigenvalue weighted by molar-refractivity contribution is 5.91. The van der Waals surface area contributed by atoms with Crippen LogP contribution in [0.3, 0.4) is 0 Å². The van der Waals surface area contributed by atoms with Crippen LogP contribution in [-0.4, -0.2) is 30.6 Å². The first-order valence-electron chi connectivity index (χ1n) is 6.74. The van der Waals surface area contributed by atoms with Crippen molar-refractivity contribution in [1.29, 1.82) is 0 Å². The lowest BCUT2D eigenvalue weighted by molar-refractivity contribution is 0.0945. The fourth-order valence-corrected chi connectivity index (χ4v) is 1.84. The van der Waals surface area contributed by atoms with Crippen LogP contribution in [0.2, 0.25) is 0 Å². The molecule has 3 rings (SSSR count). The van der Waals surface area contributed by atoms with E-state index in [0.29, 0.717) is 12.2 Å². The second-order valence-electron chi connectivity index (χ2n) is 4.70. The minimum absolute atomic E-state index is 0.261. The maximum absolute atomic E-state index is 11.9. The van der Waals surface area contributed by atoms with Crippen LogP contribution in [0, 0.1) is 6.92 Å². The molecule has 0 aromatic carbocycles. The van der Waals surface area contributed by atoms with E-state index >= 15 is 0 Å². The Hall–Kier alpha value is -3.09. The molecule has 22 heavy (non-hydrogen) atoms. The number of amides is 1. The van der Waals surface area contributed by atoms with Crippen molar-refractivity contribution < 1.29 is 4.79 Å². The zero-order chi connectivity index (χ0) is 15.4. The van der Waals surface area contributed by atoms with Gasteiger partial charge in [-0.05, 0) is 24.6 Å². The van der Waals surface area contributed by atoms with Crippen molar-refractivity contribution in [3.05, 3.63) is 66.1 Å². The van der Waals surface area contributed by atoms with Crippen LogP contribution in [0.4, 0.5) is 0 Å². The van der Waals surface area contributed by atoms with Crippen LogP contribution in [0.5, 0.6) is 0 Å². The molecule has 0 spiro atoms. The third kappa shape index (κ3) is 3.14. The molecule has 0 radical (unpaired) electrons. The minimum Gasteiger partial charge on any atom is -0.347 e. The Morgan fingerprint density at radius 3 is 2.73 bits per heavy atom. The summed E-state index contributed by atoms with van der Waals surface area (Å²) in [5, 5.41) is 6.89. The van der Waals surface area contributed by atoms with E-state index in [2.05, 4.69) is 25.4 Å². The molecular formula is C15H14N6O. The van der Waals surface area contributed by atoms with Gasteiger partial charge in [-0.1, -0.05) is 6.07 Å². The van der Waals surface area contributed by atoms with Crippen molar-refractivity contribution in [2.24, 2.45) is 0 Å². The van der Waals surface area contributed by atoms with Crippen molar-refractivity contribution in [1.82, 2.24) is 30.0 Å². The first-order valence-corrected chi connectivity index (χ1v) is 6.74. The van der Waals surface area contributed by atoms with E-state index in [1.165, 1.54) is 6.20 Å². The third-order valence-electron chi connectivity index (χ3n) is 3.01. The molecule has 7 nitrogen and oxygen atoms in total. The summed E-state index contributed by atoms with van der Waals surface area (Å²) in [7, 11) is 0. The number of nitrogens with one attached hydrogen (secondary N) is 1. The molecule has 0 aliphatic carbocycles. The molecule has 0 bridgehead atoms. The van der Waals surface area contributed by atoms with Crippen LogP contribution in [0.25, 0.3) is 5.82 Å². The lowest BCUT2D eigenvalue weighted by Crippen LogP contribution is -2.24. The van der Waals surface area contributed by atoms with Crippen molar-refractivity contribution in [3.8, 4) is 5.82 Å². The number of hydrogen-bond acceptors (Lipinski definition) is 5. The van der Waals surface area contributed by atoms with Gasteiger partial charge >= 0.3 is 0 Å². The predicted molar refractivity (Wildman–Crippen MR) is 79.3 cm³/mol. The van der Waals surface area contributed by atoms with Crippen LogP contribution < -0.4 is 5.32 Å². The van der Waals surface area contributed by atoms with E-state index in [-0.39, 0.29) is 5.91 Å². The third-order valence-corrected chi connectivity index (χ3v) is 3.01. The molecule has 110 valence electrons. The zero-order valence-electron chi connectivity index (χ0n) is 12.0. The van der Waals surface area contributed by atoms with Crippen LogP contribution in [0.15, 0.2) is 49.2 Å². The van der Waals surface area contributed by atoms with Gasteiger partial charge in [0, 0.05) is 31.3 Å². The number of nitrogens with zero attached hydrogens (tertiary/aromatic N) is 5. The van der Waals surface area contributed by atoms with E-state index in [0.717, 1.165) is 17.1 Å². The van der Waals surface area contributed by atoms with E-state index in [9.17, 15) is 4.79 Å². The van der Waals surface area contributed by atoms with Gasteiger partial charge in [-0.25, -0.2) is 14.6 Å². The minimum atomic E-state index is -0.261. The molecular weight excluding hydrogens is 280 g/mol. The Kier molecular flexibility index (Phi) is 3.86. The Morgan fingerprint density at radius 1 is 1.18 bits per heavy atom. The van der Waals surface area contributed by atoms with Crippen LogP contribution >= 0.6 is 0 Å². The summed E-state index contributed by atoms with van der Waals surface area (Å²) in [4.78, 5) is 24.3. The Balaban J connectivity index is 1.61. The van der Waals surface area contributed by atoms with Crippen molar-refractivity contribution in [3.63, 3.8) is 0 Å². The summed E-state index contributed by atoms with van der Waals surface area (Å²) < 4.78 is 1.67. The average Bonchev–Trinajstić information content (AvgIpc) is 3.08. The van der Waals surface area contributed by atoms with Gasteiger partial charge in [-0.3, -0.25) is 9.78 Å². The number of pyridine rings is 1. The number of aryl methyl sites for hydroxylation is 1. The van der Waals surface area contributed by atoms with Gasteiger partial charge in [0.1, 0.15) is 5.69 Å². The molecule has 0 unspecified atom stereocenters. The summed E-state index contributed by atoms with van der Waals surface area (Å²) in [5.74, 6) is 0.466. The van der Waals surface area contributed by atoms with Crippen LogP contribution in [-0.2, 0) is 6.54 Å². The second kappa shape index (κ2) is 6.13. The molecule has 0 saturated heterocycles. The number of hydrogen-bond donors (Lipinski definition) is 1. The van der Waals surface area contributed by atoms with E-state index in [1.807, 2.05) is 31.3 Å². The van der Waals surface area contributed by atoms with Gasteiger partial charge < -0.3 is 5.32 Å². The maximum atomic E-state index is 11.9. The highest BCUT2D eigenvalue weighted by Gasteiger charge is 2.07. The second-order valence-corrected chi connectivity index (χ2v) is 4.70. The fraction of sp³-hybridized carbons (Fsp3) is 0.133. The summed E-state index contributed by atoms with van der Waals surface area (Å²) in [6.45, 7) is 2.20. The van der Waals surface area contributed by atoms with E-state index < -0.39 is 0 Å². The highest BCUT2D eigenvalue weighted by atomic mass is 16.1. The lowest BCUT2D eigenvalue weighted by Gasteiger charge is -2.06. The normalized spacial score (nSPS) is 10.4. The number of aromatic nitrogens is 5. The molecule has 0 aliphatic rings. The molecule has 0 saturated carbocycles. The molecule has 1 N–H and O–H groups in total. The Labute approximate surface area is 127 Å². The predicted octanol–water partition coefficient (Wildman–Crippen LogP) is 1.30. The number of rotatable bonds is 4. The SMILES string of the molecule is Cc1cnc(C(=O)NCc2ccc(-n3cccn3)nc2)cn1. The van der Waals surface area contributed by atoms with E-state index in [4.69, 9.17) is 0 Å². The van der Waals surface area contributed by atoms with Crippen molar-refractivity contribution in [2.45, 2.75) is 13.5 Å². The van der Waals surface area contributed by atoms with Crippen LogP contribution in [0.1, 0.15) is 21.7 Å². The monoisotopic (exact) mass is 294 g/mol. The lowest BCUT2D eigenvalue weighted by atomic mass is 10.2. The van der Waals surface area contributed by atoms with Gasteiger partial charge in [0.05, 0.1) is 11.9 Å². The summed E-state index contributed by atoms with van der Waals surface area (Å²) in [6, 6.07) is 5.57. The molecule has 0 aliphatic heterocycles. The topological polar surface area (TPSA) is 85.6 Å². The largest absolute Gasteiger partial charge is 0.347 e. The van der Waals surface area contributed by atoms with Gasteiger partial charge in [0.15, 0.2) is 5.82 Å². The van der Waals surface area contributed by atoms with Gasteiger partial charge in [0.25, 0.3) is 5.91 Å². The summed E-state index contributed by atoms with van der Waals surface area (Å²) in [5.41, 5.74) is 1.96. The van der Waals surface area contributed by atoms with E-state index in [1.54, 1.807) is 23.3 Å². The molecule has 3 heterocycles. The highest BCUT2D eigenvalue weighted by Crippen LogP contribution is 2.05. The maximum Gasteiger partial charge on any atom is 0.271 e. The number of carbonyl (C=O) groups excluding carboxylic acids is 1. The molecule has 1 amide bonds. The summed E-state index contributed by atoms with van der Waals surface area (Å²) >= 11 is 0. The number of carbonyl (C=O) groups is 1. The fourth-order valence-electron chi connectivity index (χ4n) is 1.84. The first-order chi connectivity index (χ1) is 10.7. The zero-order valence-corrected chi connectivity index (χ0v) is 12.0. The van der Waals surface area contributed by atoms with Gasteiger partial charge in [-0.15, -0.1) is 0 Å². The first kappa shape index (κ1) is 13.9. The Morgan fingerprint density at radius 2 is 2.09 bits per heavy atom. The summed E-state index contributed by atoms with van der Waals surface area (Å²) in [6.07, 6.45) is 8.25.